The Bertz CT molecular complexity index is 284. The van der Waals surface area contributed by atoms with Crippen molar-refractivity contribution in [2.75, 3.05) is 0 Å². The topological polar surface area (TPSA) is 68.9 Å². The van der Waals surface area contributed by atoms with Crippen LogP contribution in [0.5, 0.6) is 0 Å². The molecule has 13 heavy (non-hydrogen) atoms. The van der Waals surface area contributed by atoms with Crippen LogP contribution in [0.2, 0.25) is 0 Å². The molecule has 0 amide bonds. The summed E-state index contributed by atoms with van der Waals surface area (Å²) in [5.74, 6) is -0.264. The van der Waals surface area contributed by atoms with E-state index in [1.54, 1.807) is 13.8 Å². The SMILES string of the molecule is CC(N)C(C)C(=O)c1cnccn1. The van der Waals surface area contributed by atoms with Crippen LogP contribution < -0.4 is 5.73 Å². The first kappa shape index (κ1) is 9.80. The van der Waals surface area contributed by atoms with Crippen LogP contribution in [0.3, 0.4) is 0 Å². The van der Waals surface area contributed by atoms with Gasteiger partial charge in [-0.05, 0) is 6.92 Å². The maximum atomic E-state index is 11.6. The van der Waals surface area contributed by atoms with Gasteiger partial charge in [0.1, 0.15) is 5.69 Å². The van der Waals surface area contributed by atoms with E-state index in [0.29, 0.717) is 5.69 Å². The van der Waals surface area contributed by atoms with Crippen molar-refractivity contribution in [2.24, 2.45) is 11.7 Å². The second-order valence-corrected chi connectivity index (χ2v) is 3.10. The molecule has 0 aliphatic carbocycles. The number of rotatable bonds is 3. The number of hydrogen-bond acceptors (Lipinski definition) is 4. The van der Waals surface area contributed by atoms with E-state index in [0.717, 1.165) is 0 Å². The number of carbonyl (C=O) groups is 1. The maximum absolute atomic E-state index is 11.6. The smallest absolute Gasteiger partial charge is 0.187 e. The first-order chi connectivity index (χ1) is 6.13. The van der Waals surface area contributed by atoms with Crippen LogP contribution in [0.25, 0.3) is 0 Å². The van der Waals surface area contributed by atoms with Crippen LogP contribution in [0.4, 0.5) is 0 Å². The Kier molecular flexibility index (Phi) is 3.08. The first-order valence-corrected chi connectivity index (χ1v) is 4.18. The van der Waals surface area contributed by atoms with Gasteiger partial charge in [-0.3, -0.25) is 9.78 Å². The van der Waals surface area contributed by atoms with Crippen molar-refractivity contribution < 1.29 is 4.79 Å². The third-order valence-electron chi connectivity index (χ3n) is 2.02. The molecule has 0 radical (unpaired) electrons. The van der Waals surface area contributed by atoms with Gasteiger partial charge < -0.3 is 5.73 Å². The summed E-state index contributed by atoms with van der Waals surface area (Å²) in [4.78, 5) is 19.3. The van der Waals surface area contributed by atoms with Gasteiger partial charge in [0, 0.05) is 24.4 Å². The van der Waals surface area contributed by atoms with Crippen LogP contribution in [0, 0.1) is 5.92 Å². The molecule has 2 atom stereocenters. The van der Waals surface area contributed by atoms with Crippen LogP contribution in [0.15, 0.2) is 18.6 Å². The third-order valence-corrected chi connectivity index (χ3v) is 2.02. The summed E-state index contributed by atoms with van der Waals surface area (Å²) in [6.07, 6.45) is 4.50. The molecule has 1 aromatic heterocycles. The predicted molar refractivity (Wildman–Crippen MR) is 49.2 cm³/mol. The molecule has 4 heteroatoms. The highest BCUT2D eigenvalue weighted by Crippen LogP contribution is 2.07. The summed E-state index contributed by atoms with van der Waals surface area (Å²) in [5, 5.41) is 0. The van der Waals surface area contributed by atoms with E-state index >= 15 is 0 Å². The maximum Gasteiger partial charge on any atom is 0.187 e. The first-order valence-electron chi connectivity index (χ1n) is 4.18. The normalized spacial score (nSPS) is 15.0. The average Bonchev–Trinajstić information content (AvgIpc) is 2.17. The van der Waals surface area contributed by atoms with Crippen LogP contribution in [0.1, 0.15) is 24.3 Å². The number of carbonyl (C=O) groups excluding carboxylic acids is 1. The monoisotopic (exact) mass is 179 g/mol. The Balaban J connectivity index is 2.80. The van der Waals surface area contributed by atoms with E-state index < -0.39 is 0 Å². The lowest BCUT2D eigenvalue weighted by Crippen LogP contribution is -2.31. The van der Waals surface area contributed by atoms with Crippen LogP contribution >= 0.6 is 0 Å². The molecular formula is C9H13N3O. The molecule has 0 saturated heterocycles. The summed E-state index contributed by atoms with van der Waals surface area (Å²) in [5.41, 5.74) is 5.99. The summed E-state index contributed by atoms with van der Waals surface area (Å²) in [7, 11) is 0. The lowest BCUT2D eigenvalue weighted by atomic mass is 9.97. The number of Topliss-reactive ketones (excluding diaryl/α,β-unsaturated/α-hetero) is 1. The van der Waals surface area contributed by atoms with Gasteiger partial charge in [-0.2, -0.15) is 0 Å². The van der Waals surface area contributed by atoms with Crippen molar-refractivity contribution in [3.8, 4) is 0 Å². The molecule has 0 fully saturated rings. The largest absolute Gasteiger partial charge is 0.327 e. The third kappa shape index (κ3) is 2.32. The van der Waals surface area contributed by atoms with E-state index in [2.05, 4.69) is 9.97 Å². The van der Waals surface area contributed by atoms with Gasteiger partial charge in [0.2, 0.25) is 0 Å². The van der Waals surface area contributed by atoms with Crippen molar-refractivity contribution in [1.29, 1.82) is 0 Å². The van der Waals surface area contributed by atoms with Crippen molar-refractivity contribution >= 4 is 5.78 Å². The van der Waals surface area contributed by atoms with Gasteiger partial charge in [0.15, 0.2) is 5.78 Å². The molecular weight excluding hydrogens is 166 g/mol. The molecule has 4 nitrogen and oxygen atoms in total. The highest BCUT2D eigenvalue weighted by molar-refractivity contribution is 5.95. The Morgan fingerprint density at radius 2 is 2.15 bits per heavy atom. The van der Waals surface area contributed by atoms with Gasteiger partial charge in [0.05, 0.1) is 6.20 Å². The van der Waals surface area contributed by atoms with Crippen LogP contribution in [-0.2, 0) is 0 Å². The molecule has 0 spiro atoms. The fourth-order valence-electron chi connectivity index (χ4n) is 0.898. The zero-order chi connectivity index (χ0) is 9.84. The predicted octanol–water partition coefficient (Wildman–Crippen LogP) is 0.643. The van der Waals surface area contributed by atoms with Gasteiger partial charge in [-0.1, -0.05) is 6.92 Å². The minimum Gasteiger partial charge on any atom is -0.327 e. The lowest BCUT2D eigenvalue weighted by molar-refractivity contribution is 0.0911. The van der Waals surface area contributed by atoms with E-state index in [1.807, 2.05) is 0 Å². The zero-order valence-electron chi connectivity index (χ0n) is 7.77. The lowest BCUT2D eigenvalue weighted by Gasteiger charge is -2.12. The number of nitrogens with two attached hydrogens (primary N) is 1. The highest BCUT2D eigenvalue weighted by atomic mass is 16.1. The minimum atomic E-state index is -0.211. The fourth-order valence-corrected chi connectivity index (χ4v) is 0.898. The molecule has 0 aliphatic rings. The van der Waals surface area contributed by atoms with Crippen LogP contribution in [-0.4, -0.2) is 21.8 Å². The van der Waals surface area contributed by atoms with Gasteiger partial charge in [-0.15, -0.1) is 0 Å². The van der Waals surface area contributed by atoms with Gasteiger partial charge in [-0.25, -0.2) is 4.98 Å². The molecule has 0 aromatic carbocycles. The molecule has 0 saturated carbocycles. The molecule has 1 aromatic rings. The van der Waals surface area contributed by atoms with E-state index in [9.17, 15) is 4.79 Å². The Labute approximate surface area is 77.2 Å². The van der Waals surface area contributed by atoms with Gasteiger partial charge >= 0.3 is 0 Å². The number of ketones is 1. The zero-order valence-corrected chi connectivity index (χ0v) is 7.77. The second-order valence-electron chi connectivity index (χ2n) is 3.10. The molecule has 0 bridgehead atoms. The highest BCUT2D eigenvalue weighted by Gasteiger charge is 2.19. The standard InChI is InChI=1S/C9H13N3O/c1-6(7(2)10)9(13)8-5-11-3-4-12-8/h3-7H,10H2,1-2H3. The van der Waals surface area contributed by atoms with Crippen molar-refractivity contribution in [1.82, 2.24) is 9.97 Å². The van der Waals surface area contributed by atoms with Crippen molar-refractivity contribution in [3.63, 3.8) is 0 Å². The summed E-state index contributed by atoms with van der Waals surface area (Å²) >= 11 is 0. The minimum absolute atomic E-state index is 0.0527. The van der Waals surface area contributed by atoms with Crippen molar-refractivity contribution in [2.45, 2.75) is 19.9 Å². The van der Waals surface area contributed by atoms with E-state index in [4.69, 9.17) is 5.73 Å². The summed E-state index contributed by atoms with van der Waals surface area (Å²) < 4.78 is 0. The van der Waals surface area contributed by atoms with E-state index in [1.165, 1.54) is 18.6 Å². The molecule has 1 rings (SSSR count). The number of aromatic nitrogens is 2. The molecule has 2 N–H and O–H groups in total. The molecule has 2 unspecified atom stereocenters. The average molecular weight is 179 g/mol. The fraction of sp³-hybridized carbons (Fsp3) is 0.444. The summed E-state index contributed by atoms with van der Waals surface area (Å²) in [6, 6.07) is -0.158. The van der Waals surface area contributed by atoms with E-state index in [-0.39, 0.29) is 17.7 Å². The molecule has 70 valence electrons. The van der Waals surface area contributed by atoms with Gasteiger partial charge in [0.25, 0.3) is 0 Å². The second kappa shape index (κ2) is 4.09. The van der Waals surface area contributed by atoms with Crippen molar-refractivity contribution in [3.05, 3.63) is 24.3 Å². The molecule has 1 heterocycles. The quantitative estimate of drug-likeness (QED) is 0.691. The Morgan fingerprint density at radius 3 is 2.62 bits per heavy atom. The number of nitrogens with zero attached hydrogens (tertiary/aromatic N) is 2. The summed E-state index contributed by atoms with van der Waals surface area (Å²) in [6.45, 7) is 3.60. The Morgan fingerprint density at radius 1 is 1.46 bits per heavy atom. The number of hydrogen-bond donors (Lipinski definition) is 1. The Hall–Kier alpha value is -1.29. The molecule has 0 aliphatic heterocycles.